The van der Waals surface area contributed by atoms with Crippen LogP contribution in [0.4, 0.5) is 5.69 Å². The Bertz CT molecular complexity index is 870. The molecule has 0 radical (unpaired) electrons. The Balaban J connectivity index is 0.00000341. The second-order valence-electron chi connectivity index (χ2n) is 7.14. The first kappa shape index (κ1) is 24.8. The second-order valence-corrected chi connectivity index (χ2v) is 7.14. The van der Waals surface area contributed by atoms with Crippen LogP contribution in [0.15, 0.2) is 41.7 Å². The van der Waals surface area contributed by atoms with Gasteiger partial charge in [-0.15, -0.1) is 24.0 Å². The summed E-state index contributed by atoms with van der Waals surface area (Å²) >= 11 is 0. The number of aromatic nitrogens is 2. The number of nitrogens with one attached hydrogen (secondary N) is 1. The number of anilines is 1. The van der Waals surface area contributed by atoms with Crippen molar-refractivity contribution in [3.8, 4) is 11.5 Å². The van der Waals surface area contributed by atoms with E-state index in [1.807, 2.05) is 56.3 Å². The number of methoxy groups -OCH3 is 1. The van der Waals surface area contributed by atoms with Crippen LogP contribution in [-0.2, 0) is 11.8 Å². The number of amides is 1. The van der Waals surface area contributed by atoms with E-state index in [1.54, 1.807) is 22.9 Å². The van der Waals surface area contributed by atoms with Gasteiger partial charge < -0.3 is 24.6 Å². The van der Waals surface area contributed by atoms with Crippen molar-refractivity contribution in [3.05, 3.63) is 36.7 Å². The minimum atomic E-state index is -0.112. The van der Waals surface area contributed by atoms with Crippen molar-refractivity contribution >= 4 is 41.5 Å². The summed E-state index contributed by atoms with van der Waals surface area (Å²) in [7, 11) is 3.48. The lowest BCUT2D eigenvalue weighted by atomic mass is 10.3. The molecule has 0 aliphatic carbocycles. The lowest BCUT2D eigenvalue weighted by Gasteiger charge is -2.35. The normalized spacial score (nSPS) is 15.4. The fourth-order valence-electron chi connectivity index (χ4n) is 3.24. The van der Waals surface area contributed by atoms with Crippen molar-refractivity contribution in [2.24, 2.45) is 12.0 Å². The molecule has 9 nitrogen and oxygen atoms in total. The predicted molar refractivity (Wildman–Crippen MR) is 132 cm³/mol. The number of guanidine groups is 1. The Morgan fingerprint density at radius 2 is 1.97 bits per heavy atom. The highest BCUT2D eigenvalue weighted by atomic mass is 127. The van der Waals surface area contributed by atoms with Gasteiger partial charge >= 0.3 is 0 Å². The third-order valence-corrected chi connectivity index (χ3v) is 4.75. The third kappa shape index (κ3) is 6.74. The van der Waals surface area contributed by atoms with Crippen molar-refractivity contribution in [2.75, 3.05) is 44.7 Å². The Hall–Kier alpha value is -2.50. The van der Waals surface area contributed by atoms with E-state index in [-0.39, 0.29) is 42.5 Å². The molecule has 1 atom stereocenters. The van der Waals surface area contributed by atoms with E-state index in [0.717, 1.165) is 29.7 Å². The molecule has 1 aliphatic rings. The smallest absolute Gasteiger partial charge is 0.246 e. The molecule has 10 heteroatoms. The summed E-state index contributed by atoms with van der Waals surface area (Å²) in [5.74, 6) is 2.31. The SMILES string of the molecule is CCNC(=NCC(C)Oc1ccc(OC)cc1)N1CCN(c2cnn(C)c2)C(=O)C1.I. The lowest BCUT2D eigenvalue weighted by Crippen LogP contribution is -2.55. The molecule has 170 valence electrons. The molecular weight excluding hydrogens is 511 g/mol. The van der Waals surface area contributed by atoms with Gasteiger partial charge in [0.05, 0.1) is 25.5 Å². The Labute approximate surface area is 200 Å². The van der Waals surface area contributed by atoms with Crippen LogP contribution in [-0.4, -0.2) is 72.5 Å². The summed E-state index contributed by atoms with van der Waals surface area (Å²) in [6, 6.07) is 7.48. The van der Waals surface area contributed by atoms with Gasteiger partial charge in [-0.25, -0.2) is 4.99 Å². The van der Waals surface area contributed by atoms with Crippen LogP contribution in [0.25, 0.3) is 0 Å². The quantitative estimate of drug-likeness (QED) is 0.328. The predicted octanol–water partition coefficient (Wildman–Crippen LogP) is 2.13. The molecule has 1 N–H and O–H groups in total. The highest BCUT2D eigenvalue weighted by Crippen LogP contribution is 2.19. The number of hydrogen-bond acceptors (Lipinski definition) is 5. The number of aryl methyl sites for hydroxylation is 1. The topological polar surface area (TPSA) is 84.2 Å². The third-order valence-electron chi connectivity index (χ3n) is 4.75. The summed E-state index contributed by atoms with van der Waals surface area (Å²) < 4.78 is 12.8. The number of piperazine rings is 1. The van der Waals surface area contributed by atoms with Crippen LogP contribution in [0.2, 0.25) is 0 Å². The van der Waals surface area contributed by atoms with Gasteiger partial charge in [-0.3, -0.25) is 9.48 Å². The van der Waals surface area contributed by atoms with Crippen LogP contribution in [0.1, 0.15) is 13.8 Å². The maximum absolute atomic E-state index is 12.7. The zero-order valence-corrected chi connectivity index (χ0v) is 20.8. The largest absolute Gasteiger partial charge is 0.497 e. The van der Waals surface area contributed by atoms with E-state index in [4.69, 9.17) is 14.5 Å². The first-order valence-corrected chi connectivity index (χ1v) is 10.1. The van der Waals surface area contributed by atoms with Crippen LogP contribution < -0.4 is 19.7 Å². The zero-order valence-electron chi connectivity index (χ0n) is 18.4. The first-order valence-electron chi connectivity index (χ1n) is 10.1. The maximum Gasteiger partial charge on any atom is 0.246 e. The highest BCUT2D eigenvalue weighted by molar-refractivity contribution is 14.0. The highest BCUT2D eigenvalue weighted by Gasteiger charge is 2.27. The van der Waals surface area contributed by atoms with Crippen LogP contribution >= 0.6 is 24.0 Å². The van der Waals surface area contributed by atoms with Gasteiger partial charge in [-0.2, -0.15) is 5.10 Å². The number of hydrogen-bond donors (Lipinski definition) is 1. The molecule has 1 fully saturated rings. The van der Waals surface area contributed by atoms with E-state index in [2.05, 4.69) is 10.4 Å². The second kappa shape index (κ2) is 11.8. The number of aliphatic imine (C=N–C) groups is 1. The molecule has 1 saturated heterocycles. The molecule has 2 aromatic rings. The number of halogens is 1. The summed E-state index contributed by atoms with van der Waals surface area (Å²) in [5, 5.41) is 7.44. The Kier molecular flexibility index (Phi) is 9.41. The molecule has 1 unspecified atom stereocenters. The van der Waals surface area contributed by atoms with Gasteiger partial charge in [0.15, 0.2) is 5.96 Å². The van der Waals surface area contributed by atoms with E-state index in [0.29, 0.717) is 19.6 Å². The molecule has 1 aromatic heterocycles. The maximum atomic E-state index is 12.7. The molecule has 1 aromatic carbocycles. The van der Waals surface area contributed by atoms with Crippen LogP contribution in [0, 0.1) is 0 Å². The molecular formula is C21H31IN6O3. The van der Waals surface area contributed by atoms with Gasteiger partial charge in [0.1, 0.15) is 24.1 Å². The van der Waals surface area contributed by atoms with Gasteiger partial charge in [-0.05, 0) is 38.1 Å². The van der Waals surface area contributed by atoms with Crippen LogP contribution in [0.3, 0.4) is 0 Å². The first-order chi connectivity index (χ1) is 14.5. The van der Waals surface area contributed by atoms with Crippen molar-refractivity contribution in [3.63, 3.8) is 0 Å². The van der Waals surface area contributed by atoms with Gasteiger partial charge in [0, 0.05) is 32.9 Å². The van der Waals surface area contributed by atoms with Crippen molar-refractivity contribution in [1.82, 2.24) is 20.0 Å². The van der Waals surface area contributed by atoms with Crippen LogP contribution in [0.5, 0.6) is 11.5 Å². The molecule has 0 bridgehead atoms. The molecule has 1 amide bonds. The van der Waals surface area contributed by atoms with E-state index < -0.39 is 0 Å². The summed E-state index contributed by atoms with van der Waals surface area (Å²) in [6.07, 6.45) is 3.45. The molecule has 3 rings (SSSR count). The molecule has 1 aliphatic heterocycles. The van der Waals surface area contributed by atoms with Gasteiger partial charge in [-0.1, -0.05) is 0 Å². The minimum absolute atomic E-state index is 0. The monoisotopic (exact) mass is 542 g/mol. The molecule has 0 spiro atoms. The lowest BCUT2D eigenvalue weighted by molar-refractivity contribution is -0.120. The fourth-order valence-corrected chi connectivity index (χ4v) is 3.24. The number of carbonyl (C=O) groups excluding carboxylic acids is 1. The standard InChI is InChI=1S/C21H30N6O3.HI/c1-5-22-21(23-12-16(2)30-19-8-6-18(29-4)7-9-19)26-10-11-27(20(28)15-26)17-13-24-25(3)14-17;/h6-9,13-14,16H,5,10-12,15H2,1-4H3,(H,22,23);1H. The van der Waals surface area contributed by atoms with E-state index in [9.17, 15) is 4.79 Å². The number of ether oxygens (including phenoxy) is 2. The number of rotatable bonds is 7. The van der Waals surface area contributed by atoms with Crippen molar-refractivity contribution < 1.29 is 14.3 Å². The average molecular weight is 542 g/mol. The summed E-state index contributed by atoms with van der Waals surface area (Å²) in [5.41, 5.74) is 0.825. The van der Waals surface area contributed by atoms with Crippen molar-refractivity contribution in [2.45, 2.75) is 20.0 Å². The summed E-state index contributed by atoms with van der Waals surface area (Å²) in [4.78, 5) is 21.1. The molecule has 0 saturated carbocycles. The van der Waals surface area contributed by atoms with Crippen molar-refractivity contribution in [1.29, 1.82) is 0 Å². The average Bonchev–Trinajstić information content (AvgIpc) is 3.17. The molecule has 31 heavy (non-hydrogen) atoms. The van der Waals surface area contributed by atoms with E-state index in [1.165, 1.54) is 0 Å². The van der Waals surface area contributed by atoms with Gasteiger partial charge in [0.2, 0.25) is 5.91 Å². The Morgan fingerprint density at radius 1 is 1.26 bits per heavy atom. The molecule has 2 heterocycles. The summed E-state index contributed by atoms with van der Waals surface area (Å²) in [6.45, 7) is 6.75. The number of benzene rings is 1. The zero-order chi connectivity index (χ0) is 21.5. The fraction of sp³-hybridized carbons (Fsp3) is 0.476. The number of carbonyl (C=O) groups is 1. The van der Waals surface area contributed by atoms with Gasteiger partial charge in [0.25, 0.3) is 0 Å². The number of nitrogens with zero attached hydrogens (tertiary/aromatic N) is 5. The Morgan fingerprint density at radius 3 is 2.55 bits per heavy atom. The minimum Gasteiger partial charge on any atom is -0.497 e. The van der Waals surface area contributed by atoms with E-state index >= 15 is 0 Å².